The van der Waals surface area contributed by atoms with Crippen molar-refractivity contribution in [2.24, 2.45) is 0 Å². The second-order valence-corrected chi connectivity index (χ2v) is 6.27. The van der Waals surface area contributed by atoms with E-state index in [0.29, 0.717) is 6.04 Å². The van der Waals surface area contributed by atoms with Gasteiger partial charge in [0.15, 0.2) is 0 Å². The summed E-state index contributed by atoms with van der Waals surface area (Å²) in [6, 6.07) is 8.87. The molecule has 0 radical (unpaired) electrons. The molecule has 4 nitrogen and oxygen atoms in total. The fraction of sp³-hybridized carbons (Fsp3) is 0.444. The number of aromatic nitrogens is 2. The second-order valence-electron chi connectivity index (χ2n) is 6.27. The Hall–Kier alpha value is -2.10. The molecule has 0 aliphatic heterocycles. The van der Waals surface area contributed by atoms with Crippen molar-refractivity contribution in [3.05, 3.63) is 41.1 Å². The molecule has 1 saturated carbocycles. The van der Waals surface area contributed by atoms with Crippen LogP contribution in [0.5, 0.6) is 0 Å². The van der Waals surface area contributed by atoms with Crippen LogP contribution in [-0.4, -0.2) is 16.0 Å². The van der Waals surface area contributed by atoms with Crippen molar-refractivity contribution in [3.8, 4) is 0 Å². The minimum absolute atomic E-state index is 0.524. The molecule has 0 bridgehead atoms. The standard InChI is InChI=1S/C18H24N4/c1-12-8-9-16(10-13(12)2)20-17-11-14(3)19-18(22-17)21-15-6-4-5-7-15/h8-11,15H,4-7H2,1-3H3,(H2,19,20,21,22). The number of nitrogens with zero attached hydrogens (tertiary/aromatic N) is 2. The topological polar surface area (TPSA) is 49.8 Å². The molecule has 22 heavy (non-hydrogen) atoms. The lowest BCUT2D eigenvalue weighted by Crippen LogP contribution is -2.17. The van der Waals surface area contributed by atoms with Crippen LogP contribution in [-0.2, 0) is 0 Å². The lowest BCUT2D eigenvalue weighted by Gasteiger charge is -2.14. The summed E-state index contributed by atoms with van der Waals surface area (Å²) in [6.07, 6.45) is 5.04. The van der Waals surface area contributed by atoms with Gasteiger partial charge in [-0.25, -0.2) is 4.98 Å². The largest absolute Gasteiger partial charge is 0.351 e. The summed E-state index contributed by atoms with van der Waals surface area (Å²) in [6.45, 7) is 6.25. The third-order valence-corrected chi connectivity index (χ3v) is 4.32. The molecular weight excluding hydrogens is 272 g/mol. The number of benzene rings is 1. The van der Waals surface area contributed by atoms with Crippen molar-refractivity contribution in [3.63, 3.8) is 0 Å². The van der Waals surface area contributed by atoms with Gasteiger partial charge in [-0.1, -0.05) is 18.9 Å². The van der Waals surface area contributed by atoms with Crippen molar-refractivity contribution < 1.29 is 0 Å². The molecule has 1 fully saturated rings. The van der Waals surface area contributed by atoms with Gasteiger partial charge in [0.05, 0.1) is 0 Å². The van der Waals surface area contributed by atoms with Crippen LogP contribution in [0.15, 0.2) is 24.3 Å². The number of nitrogens with one attached hydrogen (secondary N) is 2. The van der Waals surface area contributed by atoms with E-state index in [1.165, 1.54) is 36.8 Å². The van der Waals surface area contributed by atoms with Crippen molar-refractivity contribution in [2.45, 2.75) is 52.5 Å². The Labute approximate surface area is 132 Å². The van der Waals surface area contributed by atoms with Gasteiger partial charge in [-0.15, -0.1) is 0 Å². The Balaban J connectivity index is 1.77. The van der Waals surface area contributed by atoms with E-state index in [2.05, 4.69) is 52.6 Å². The molecule has 1 aliphatic carbocycles. The van der Waals surface area contributed by atoms with E-state index in [1.807, 2.05) is 13.0 Å². The molecule has 1 aliphatic rings. The third-order valence-electron chi connectivity index (χ3n) is 4.32. The summed E-state index contributed by atoms with van der Waals surface area (Å²) in [4.78, 5) is 9.12. The van der Waals surface area contributed by atoms with Crippen molar-refractivity contribution in [1.29, 1.82) is 0 Å². The van der Waals surface area contributed by atoms with Crippen LogP contribution >= 0.6 is 0 Å². The summed E-state index contributed by atoms with van der Waals surface area (Å²) >= 11 is 0. The van der Waals surface area contributed by atoms with Crippen LogP contribution in [0.4, 0.5) is 17.5 Å². The minimum atomic E-state index is 0.524. The van der Waals surface area contributed by atoms with Gasteiger partial charge in [0.2, 0.25) is 5.95 Å². The summed E-state index contributed by atoms with van der Waals surface area (Å²) in [5.74, 6) is 1.58. The second kappa shape index (κ2) is 6.34. The van der Waals surface area contributed by atoms with Gasteiger partial charge in [-0.05, 0) is 56.9 Å². The maximum Gasteiger partial charge on any atom is 0.225 e. The number of rotatable bonds is 4. The van der Waals surface area contributed by atoms with E-state index in [9.17, 15) is 0 Å². The fourth-order valence-corrected chi connectivity index (χ4v) is 2.92. The van der Waals surface area contributed by atoms with Crippen LogP contribution in [0.2, 0.25) is 0 Å². The summed E-state index contributed by atoms with van der Waals surface area (Å²) in [5, 5.41) is 6.85. The van der Waals surface area contributed by atoms with Crippen molar-refractivity contribution in [1.82, 2.24) is 9.97 Å². The van der Waals surface area contributed by atoms with E-state index >= 15 is 0 Å². The molecule has 0 atom stereocenters. The van der Waals surface area contributed by atoms with Crippen LogP contribution in [0.3, 0.4) is 0 Å². The molecule has 2 N–H and O–H groups in total. The van der Waals surface area contributed by atoms with Gasteiger partial charge in [0.25, 0.3) is 0 Å². The van der Waals surface area contributed by atoms with Gasteiger partial charge in [0, 0.05) is 23.5 Å². The van der Waals surface area contributed by atoms with Gasteiger partial charge < -0.3 is 10.6 Å². The Morgan fingerprint density at radius 3 is 2.45 bits per heavy atom. The van der Waals surface area contributed by atoms with E-state index in [-0.39, 0.29) is 0 Å². The Kier molecular flexibility index (Phi) is 4.27. The van der Waals surface area contributed by atoms with Crippen LogP contribution < -0.4 is 10.6 Å². The highest BCUT2D eigenvalue weighted by Crippen LogP contribution is 2.23. The van der Waals surface area contributed by atoms with E-state index in [1.54, 1.807) is 0 Å². The third kappa shape index (κ3) is 3.56. The monoisotopic (exact) mass is 296 g/mol. The predicted octanol–water partition coefficient (Wildman–Crippen LogP) is 4.50. The molecule has 4 heteroatoms. The zero-order valence-corrected chi connectivity index (χ0v) is 13.6. The Morgan fingerprint density at radius 1 is 0.955 bits per heavy atom. The smallest absolute Gasteiger partial charge is 0.225 e. The first-order chi connectivity index (χ1) is 10.6. The molecule has 1 aromatic carbocycles. The van der Waals surface area contributed by atoms with Gasteiger partial charge in [0.1, 0.15) is 5.82 Å². The molecule has 1 aromatic heterocycles. The first kappa shape index (κ1) is 14.8. The molecule has 116 valence electrons. The zero-order valence-electron chi connectivity index (χ0n) is 13.6. The molecule has 0 amide bonds. The average Bonchev–Trinajstić information content (AvgIpc) is 2.95. The van der Waals surface area contributed by atoms with Gasteiger partial charge in [-0.3, -0.25) is 0 Å². The molecule has 0 spiro atoms. The lowest BCUT2D eigenvalue weighted by atomic mass is 10.1. The first-order valence-electron chi connectivity index (χ1n) is 8.06. The first-order valence-corrected chi connectivity index (χ1v) is 8.06. The Bertz CT molecular complexity index is 660. The van der Waals surface area contributed by atoms with E-state index < -0.39 is 0 Å². The van der Waals surface area contributed by atoms with Crippen LogP contribution in [0, 0.1) is 20.8 Å². The highest BCUT2D eigenvalue weighted by Gasteiger charge is 2.16. The van der Waals surface area contributed by atoms with Crippen LogP contribution in [0.1, 0.15) is 42.5 Å². The summed E-state index contributed by atoms with van der Waals surface area (Å²) in [7, 11) is 0. The quantitative estimate of drug-likeness (QED) is 0.872. The molecule has 3 rings (SSSR count). The highest BCUT2D eigenvalue weighted by atomic mass is 15.2. The van der Waals surface area contributed by atoms with Crippen LogP contribution in [0.25, 0.3) is 0 Å². The van der Waals surface area contributed by atoms with Crippen molar-refractivity contribution in [2.75, 3.05) is 10.6 Å². The number of hydrogen-bond donors (Lipinski definition) is 2. The molecule has 2 aromatic rings. The van der Waals surface area contributed by atoms with Gasteiger partial charge >= 0.3 is 0 Å². The van der Waals surface area contributed by atoms with E-state index in [4.69, 9.17) is 0 Å². The van der Waals surface area contributed by atoms with E-state index in [0.717, 1.165) is 23.1 Å². The zero-order chi connectivity index (χ0) is 15.5. The maximum atomic E-state index is 4.61. The molecule has 0 unspecified atom stereocenters. The minimum Gasteiger partial charge on any atom is -0.351 e. The lowest BCUT2D eigenvalue weighted by molar-refractivity contribution is 0.743. The molecular formula is C18H24N4. The van der Waals surface area contributed by atoms with Gasteiger partial charge in [-0.2, -0.15) is 4.98 Å². The molecule has 1 heterocycles. The predicted molar refractivity (Wildman–Crippen MR) is 91.8 cm³/mol. The molecule has 0 saturated heterocycles. The maximum absolute atomic E-state index is 4.61. The average molecular weight is 296 g/mol. The number of hydrogen-bond acceptors (Lipinski definition) is 4. The fourth-order valence-electron chi connectivity index (χ4n) is 2.92. The number of anilines is 3. The number of aryl methyl sites for hydroxylation is 3. The highest BCUT2D eigenvalue weighted by molar-refractivity contribution is 5.59. The van der Waals surface area contributed by atoms with Crippen molar-refractivity contribution >= 4 is 17.5 Å². The summed E-state index contributed by atoms with van der Waals surface area (Å²) in [5.41, 5.74) is 4.61. The summed E-state index contributed by atoms with van der Waals surface area (Å²) < 4.78 is 0. The Morgan fingerprint density at radius 2 is 1.73 bits per heavy atom. The normalized spacial score (nSPS) is 15.0. The SMILES string of the molecule is Cc1cc(Nc2ccc(C)c(C)c2)nc(NC2CCCC2)n1.